The molecule has 0 rings (SSSR count). The fourth-order valence-electron chi connectivity index (χ4n) is 1.40. The number of hydrogen-bond acceptors (Lipinski definition) is 5. The number of nitrogens with one attached hydrogen (secondary N) is 1. The first-order valence-electron chi connectivity index (χ1n) is 6.00. The number of carbonyl (C=O) groups excluding carboxylic acids is 3. The maximum Gasteiger partial charge on any atom is 0.313 e. The third kappa shape index (κ3) is 8.69. The summed E-state index contributed by atoms with van der Waals surface area (Å²) in [4.78, 5) is 35.5. The number of carbonyl (C=O) groups is 3. The number of likely N-dealkylation sites (N-methyl/N-ethyl adjacent to an activating group) is 1. The molecule has 0 atom stereocenters. The van der Waals surface area contributed by atoms with Gasteiger partial charge in [0.15, 0.2) is 5.78 Å². The monoisotopic (exact) mass is 258 g/mol. The lowest BCUT2D eigenvalue weighted by Gasteiger charge is -2.16. The molecule has 0 aliphatic heterocycles. The van der Waals surface area contributed by atoms with E-state index in [1.807, 2.05) is 13.8 Å². The van der Waals surface area contributed by atoms with Crippen molar-refractivity contribution in [2.75, 3.05) is 26.7 Å². The van der Waals surface area contributed by atoms with E-state index in [9.17, 15) is 14.4 Å². The molecule has 0 aliphatic rings. The standard InChI is InChI=1S/C12H22N2O4/c1-5-18-12(17)6-10(15)7-14(4)8-11(16)13-9(2)3/h9H,5-8H2,1-4H3,(H,13,16). The lowest BCUT2D eigenvalue weighted by atomic mass is 10.2. The van der Waals surface area contributed by atoms with Gasteiger partial charge in [0.1, 0.15) is 6.42 Å². The summed E-state index contributed by atoms with van der Waals surface area (Å²) >= 11 is 0. The molecule has 104 valence electrons. The van der Waals surface area contributed by atoms with Crippen molar-refractivity contribution in [2.24, 2.45) is 0 Å². The van der Waals surface area contributed by atoms with Crippen LogP contribution in [-0.2, 0) is 19.1 Å². The van der Waals surface area contributed by atoms with Gasteiger partial charge in [0.25, 0.3) is 0 Å². The quantitative estimate of drug-likeness (QED) is 0.488. The van der Waals surface area contributed by atoms with Gasteiger partial charge in [0, 0.05) is 6.04 Å². The minimum Gasteiger partial charge on any atom is -0.466 e. The molecule has 6 heteroatoms. The number of rotatable bonds is 8. The summed E-state index contributed by atoms with van der Waals surface area (Å²) in [6.45, 7) is 5.87. The zero-order valence-corrected chi connectivity index (χ0v) is 11.5. The Kier molecular flexibility index (Phi) is 7.94. The number of Topliss-reactive ketones (excluding diaryl/α,β-unsaturated/α-hetero) is 1. The second kappa shape index (κ2) is 8.63. The molecule has 0 aromatic heterocycles. The second-order valence-electron chi connectivity index (χ2n) is 4.41. The van der Waals surface area contributed by atoms with Gasteiger partial charge in [-0.3, -0.25) is 19.3 Å². The van der Waals surface area contributed by atoms with E-state index in [-0.39, 0.29) is 43.8 Å². The molecular formula is C12H22N2O4. The van der Waals surface area contributed by atoms with Crippen LogP contribution in [0.3, 0.4) is 0 Å². The van der Waals surface area contributed by atoms with Gasteiger partial charge >= 0.3 is 5.97 Å². The topological polar surface area (TPSA) is 75.7 Å². The van der Waals surface area contributed by atoms with Gasteiger partial charge < -0.3 is 10.1 Å². The molecular weight excluding hydrogens is 236 g/mol. The summed E-state index contributed by atoms with van der Waals surface area (Å²) in [5, 5.41) is 2.72. The van der Waals surface area contributed by atoms with Gasteiger partial charge in [-0.2, -0.15) is 0 Å². The van der Waals surface area contributed by atoms with Crippen LogP contribution in [0.4, 0.5) is 0 Å². The van der Waals surface area contributed by atoms with Crippen LogP contribution in [0.1, 0.15) is 27.2 Å². The highest BCUT2D eigenvalue weighted by Gasteiger charge is 2.14. The van der Waals surface area contributed by atoms with Gasteiger partial charge in [-0.1, -0.05) is 0 Å². The minimum atomic E-state index is -0.525. The van der Waals surface area contributed by atoms with Crippen LogP contribution in [0.5, 0.6) is 0 Å². The highest BCUT2D eigenvalue weighted by molar-refractivity contribution is 5.96. The maximum absolute atomic E-state index is 11.5. The van der Waals surface area contributed by atoms with Crippen LogP contribution in [-0.4, -0.2) is 55.3 Å². The second-order valence-corrected chi connectivity index (χ2v) is 4.41. The van der Waals surface area contributed by atoms with E-state index in [1.165, 1.54) is 0 Å². The Hall–Kier alpha value is -1.43. The van der Waals surface area contributed by atoms with E-state index in [0.29, 0.717) is 0 Å². The SMILES string of the molecule is CCOC(=O)CC(=O)CN(C)CC(=O)NC(C)C. The lowest BCUT2D eigenvalue weighted by molar-refractivity contribution is -0.145. The van der Waals surface area contributed by atoms with Crippen molar-refractivity contribution in [3.05, 3.63) is 0 Å². The fraction of sp³-hybridized carbons (Fsp3) is 0.750. The van der Waals surface area contributed by atoms with Gasteiger partial charge in [-0.25, -0.2) is 0 Å². The first-order valence-corrected chi connectivity index (χ1v) is 6.00. The Labute approximate surface area is 108 Å². The third-order valence-electron chi connectivity index (χ3n) is 1.96. The third-order valence-corrected chi connectivity index (χ3v) is 1.96. The van der Waals surface area contributed by atoms with Gasteiger partial charge in [-0.05, 0) is 27.8 Å². The van der Waals surface area contributed by atoms with Crippen molar-refractivity contribution in [3.8, 4) is 0 Å². The average Bonchev–Trinajstić information content (AvgIpc) is 2.14. The van der Waals surface area contributed by atoms with Crippen LogP contribution < -0.4 is 5.32 Å². The molecule has 0 bridgehead atoms. The Morgan fingerprint density at radius 2 is 1.83 bits per heavy atom. The van der Waals surface area contributed by atoms with Gasteiger partial charge in [-0.15, -0.1) is 0 Å². The van der Waals surface area contributed by atoms with Crippen molar-refractivity contribution < 1.29 is 19.1 Å². The largest absolute Gasteiger partial charge is 0.466 e. The number of esters is 1. The van der Waals surface area contributed by atoms with Crippen molar-refractivity contribution >= 4 is 17.7 Å². The van der Waals surface area contributed by atoms with E-state index in [0.717, 1.165) is 0 Å². The highest BCUT2D eigenvalue weighted by atomic mass is 16.5. The predicted octanol–water partition coefficient (Wildman–Crippen LogP) is -0.0349. The van der Waals surface area contributed by atoms with Gasteiger partial charge in [0.05, 0.1) is 19.7 Å². The number of ketones is 1. The number of hydrogen-bond donors (Lipinski definition) is 1. The smallest absolute Gasteiger partial charge is 0.313 e. The Balaban J connectivity index is 3.93. The summed E-state index contributed by atoms with van der Waals surface area (Å²) in [7, 11) is 1.66. The van der Waals surface area contributed by atoms with E-state index in [2.05, 4.69) is 10.1 Å². The average molecular weight is 258 g/mol. The molecule has 0 saturated heterocycles. The van der Waals surface area contributed by atoms with Crippen molar-refractivity contribution in [2.45, 2.75) is 33.2 Å². The van der Waals surface area contributed by atoms with E-state index in [4.69, 9.17) is 0 Å². The van der Waals surface area contributed by atoms with Crippen molar-refractivity contribution in [1.29, 1.82) is 0 Å². The Morgan fingerprint density at radius 3 is 2.33 bits per heavy atom. The van der Waals surface area contributed by atoms with Crippen molar-refractivity contribution in [1.82, 2.24) is 10.2 Å². The highest BCUT2D eigenvalue weighted by Crippen LogP contribution is 1.92. The first-order chi connectivity index (χ1) is 8.35. The molecule has 1 N–H and O–H groups in total. The van der Waals surface area contributed by atoms with Crippen LogP contribution in [0.15, 0.2) is 0 Å². The number of ether oxygens (including phenoxy) is 1. The summed E-state index contributed by atoms with van der Waals surface area (Å²) in [6, 6.07) is 0.0705. The Morgan fingerprint density at radius 1 is 1.22 bits per heavy atom. The molecule has 0 saturated carbocycles. The summed E-state index contributed by atoms with van der Waals surface area (Å²) < 4.78 is 4.67. The van der Waals surface area contributed by atoms with Crippen LogP contribution in [0.25, 0.3) is 0 Å². The predicted molar refractivity (Wildman–Crippen MR) is 67.0 cm³/mol. The lowest BCUT2D eigenvalue weighted by Crippen LogP contribution is -2.40. The van der Waals surface area contributed by atoms with Crippen molar-refractivity contribution in [3.63, 3.8) is 0 Å². The van der Waals surface area contributed by atoms with E-state index < -0.39 is 5.97 Å². The zero-order chi connectivity index (χ0) is 14.1. The van der Waals surface area contributed by atoms with Crippen LogP contribution in [0, 0.1) is 0 Å². The number of nitrogens with zero attached hydrogens (tertiary/aromatic N) is 1. The molecule has 1 amide bonds. The Bertz CT molecular complexity index is 302. The molecule has 0 aromatic carbocycles. The molecule has 0 heterocycles. The minimum absolute atomic E-state index is 0.0599. The van der Waals surface area contributed by atoms with E-state index >= 15 is 0 Å². The summed E-state index contributed by atoms with van der Waals surface area (Å²) in [6.07, 6.45) is -0.246. The maximum atomic E-state index is 11.5. The molecule has 0 spiro atoms. The van der Waals surface area contributed by atoms with Gasteiger partial charge in [0.2, 0.25) is 5.91 Å². The normalized spacial score (nSPS) is 10.6. The van der Waals surface area contributed by atoms with E-state index in [1.54, 1.807) is 18.9 Å². The molecule has 0 radical (unpaired) electrons. The molecule has 18 heavy (non-hydrogen) atoms. The molecule has 0 aliphatic carbocycles. The zero-order valence-electron chi connectivity index (χ0n) is 11.5. The molecule has 0 fully saturated rings. The summed E-state index contributed by atoms with van der Waals surface area (Å²) in [5.74, 6) is -0.924. The summed E-state index contributed by atoms with van der Waals surface area (Å²) in [5.41, 5.74) is 0. The molecule has 6 nitrogen and oxygen atoms in total. The first kappa shape index (κ1) is 16.6. The van der Waals surface area contributed by atoms with Crippen LogP contribution >= 0.6 is 0 Å². The fourth-order valence-corrected chi connectivity index (χ4v) is 1.40. The molecule has 0 aromatic rings. The number of amides is 1. The molecule has 0 unspecified atom stereocenters. The van der Waals surface area contributed by atoms with Crippen LogP contribution in [0.2, 0.25) is 0 Å².